The second-order valence-electron chi connectivity index (χ2n) is 4.49. The van der Waals surface area contributed by atoms with Crippen LogP contribution >= 0.6 is 0 Å². The predicted molar refractivity (Wildman–Crippen MR) is 72.5 cm³/mol. The number of pyridine rings is 1. The summed E-state index contributed by atoms with van der Waals surface area (Å²) in [4.78, 5) is 38.6. The fraction of sp³-hybridized carbons (Fsp3) is 0.385. The third kappa shape index (κ3) is 5.89. The van der Waals surface area contributed by atoms with Gasteiger partial charge in [0.15, 0.2) is 0 Å². The van der Waals surface area contributed by atoms with E-state index in [0.29, 0.717) is 0 Å². The lowest BCUT2D eigenvalue weighted by atomic mass is 10.1. The van der Waals surface area contributed by atoms with Gasteiger partial charge in [-0.25, -0.2) is 9.59 Å². The van der Waals surface area contributed by atoms with Crippen LogP contribution in [0, 0.1) is 0 Å². The number of carboxylic acid groups (broad SMARTS) is 2. The molecule has 8 nitrogen and oxygen atoms in total. The normalized spacial score (nSPS) is 11.5. The van der Waals surface area contributed by atoms with Crippen LogP contribution in [0.15, 0.2) is 24.5 Å². The van der Waals surface area contributed by atoms with Crippen LogP contribution in [0.4, 0.5) is 4.79 Å². The van der Waals surface area contributed by atoms with Crippen molar-refractivity contribution in [2.24, 2.45) is 0 Å². The molecule has 0 fully saturated rings. The van der Waals surface area contributed by atoms with E-state index in [1.807, 2.05) is 0 Å². The largest absolute Gasteiger partial charge is 0.481 e. The Balaban J connectivity index is 2.56. The molecule has 0 aliphatic carbocycles. The minimum Gasteiger partial charge on any atom is -0.481 e. The van der Waals surface area contributed by atoms with Crippen LogP contribution in [0.2, 0.25) is 0 Å². The Hall–Kier alpha value is -2.64. The number of hydrogen-bond donors (Lipinski definition) is 3. The van der Waals surface area contributed by atoms with Crippen molar-refractivity contribution in [2.75, 3.05) is 7.05 Å². The standard InChI is InChI=1S/C13H17N3O5/c1-16(8-9-3-2-6-14-7-9)13(21)15-10(12(19)20)4-5-11(17)18/h2-3,6-7,10H,4-5,8H2,1H3,(H,15,21)(H,17,18)(H,19,20). The van der Waals surface area contributed by atoms with Gasteiger partial charge in [-0.1, -0.05) is 6.07 Å². The van der Waals surface area contributed by atoms with Crippen molar-refractivity contribution in [2.45, 2.75) is 25.4 Å². The number of carbonyl (C=O) groups excluding carboxylic acids is 1. The maximum Gasteiger partial charge on any atom is 0.326 e. The summed E-state index contributed by atoms with van der Waals surface area (Å²) in [7, 11) is 1.51. The molecule has 0 radical (unpaired) electrons. The topological polar surface area (TPSA) is 120 Å². The molecule has 1 unspecified atom stereocenters. The molecule has 1 rings (SSSR count). The average molecular weight is 295 g/mol. The van der Waals surface area contributed by atoms with E-state index in [4.69, 9.17) is 10.2 Å². The molecule has 0 spiro atoms. The Morgan fingerprint density at radius 1 is 1.38 bits per heavy atom. The van der Waals surface area contributed by atoms with Gasteiger partial charge in [-0.15, -0.1) is 0 Å². The zero-order valence-electron chi connectivity index (χ0n) is 11.5. The van der Waals surface area contributed by atoms with Crippen molar-refractivity contribution >= 4 is 18.0 Å². The number of hydrogen-bond acceptors (Lipinski definition) is 4. The van der Waals surface area contributed by atoms with Crippen molar-refractivity contribution in [3.05, 3.63) is 30.1 Å². The van der Waals surface area contributed by atoms with Gasteiger partial charge >= 0.3 is 18.0 Å². The van der Waals surface area contributed by atoms with Crippen molar-refractivity contribution in [3.8, 4) is 0 Å². The highest BCUT2D eigenvalue weighted by Crippen LogP contribution is 2.03. The van der Waals surface area contributed by atoms with Crippen molar-refractivity contribution in [1.29, 1.82) is 0 Å². The minimum absolute atomic E-state index is 0.170. The average Bonchev–Trinajstić information content (AvgIpc) is 2.43. The van der Waals surface area contributed by atoms with E-state index in [-0.39, 0.29) is 19.4 Å². The summed E-state index contributed by atoms with van der Waals surface area (Å²) in [5, 5.41) is 19.8. The molecule has 0 saturated carbocycles. The van der Waals surface area contributed by atoms with Crippen LogP contribution < -0.4 is 5.32 Å². The minimum atomic E-state index is -1.26. The highest BCUT2D eigenvalue weighted by atomic mass is 16.4. The van der Waals surface area contributed by atoms with Crippen molar-refractivity contribution in [3.63, 3.8) is 0 Å². The number of rotatable bonds is 7. The molecule has 0 aliphatic heterocycles. The molecule has 1 heterocycles. The summed E-state index contributed by atoms with van der Waals surface area (Å²) in [6.07, 6.45) is 2.71. The maximum absolute atomic E-state index is 11.9. The van der Waals surface area contributed by atoms with Crippen LogP contribution in [0.5, 0.6) is 0 Å². The third-order valence-corrected chi connectivity index (χ3v) is 2.73. The molecule has 2 amide bonds. The van der Waals surface area contributed by atoms with Gasteiger partial charge in [0.25, 0.3) is 0 Å². The fourth-order valence-corrected chi connectivity index (χ4v) is 1.62. The summed E-state index contributed by atoms with van der Waals surface area (Å²) < 4.78 is 0. The second-order valence-corrected chi connectivity index (χ2v) is 4.49. The second kappa shape index (κ2) is 7.83. The maximum atomic E-state index is 11.9. The molecular formula is C13H17N3O5. The summed E-state index contributed by atoms with van der Waals surface area (Å²) in [6.45, 7) is 0.269. The van der Waals surface area contributed by atoms with Gasteiger partial charge < -0.3 is 20.4 Å². The Morgan fingerprint density at radius 3 is 2.62 bits per heavy atom. The summed E-state index contributed by atoms with van der Waals surface area (Å²) in [6, 6.07) is 1.70. The number of urea groups is 1. The molecule has 1 aromatic heterocycles. The lowest BCUT2D eigenvalue weighted by Crippen LogP contribution is -2.46. The van der Waals surface area contributed by atoms with E-state index in [1.54, 1.807) is 24.5 Å². The van der Waals surface area contributed by atoms with Crippen LogP contribution in [-0.2, 0) is 16.1 Å². The number of aromatic nitrogens is 1. The molecule has 3 N–H and O–H groups in total. The molecule has 1 aromatic rings. The van der Waals surface area contributed by atoms with Gasteiger partial charge in [-0.05, 0) is 18.1 Å². The molecular weight excluding hydrogens is 278 g/mol. The number of amides is 2. The van der Waals surface area contributed by atoms with Crippen LogP contribution in [0.1, 0.15) is 18.4 Å². The molecule has 0 saturated heterocycles. The van der Waals surface area contributed by atoms with E-state index in [2.05, 4.69) is 10.3 Å². The van der Waals surface area contributed by atoms with Gasteiger partial charge in [-0.2, -0.15) is 0 Å². The summed E-state index contributed by atoms with van der Waals surface area (Å²) >= 11 is 0. The SMILES string of the molecule is CN(Cc1cccnc1)C(=O)NC(CCC(=O)O)C(=O)O. The van der Waals surface area contributed by atoms with Gasteiger partial charge in [0.05, 0.1) is 0 Å². The molecule has 0 aromatic carbocycles. The number of carbonyl (C=O) groups is 3. The first-order valence-corrected chi connectivity index (χ1v) is 6.25. The van der Waals surface area contributed by atoms with E-state index < -0.39 is 24.0 Å². The van der Waals surface area contributed by atoms with Crippen LogP contribution in [0.25, 0.3) is 0 Å². The third-order valence-electron chi connectivity index (χ3n) is 2.73. The highest BCUT2D eigenvalue weighted by molar-refractivity contribution is 5.82. The lowest BCUT2D eigenvalue weighted by Gasteiger charge is -2.21. The number of carboxylic acids is 2. The first-order valence-electron chi connectivity index (χ1n) is 6.25. The number of nitrogens with one attached hydrogen (secondary N) is 1. The van der Waals surface area contributed by atoms with Crippen LogP contribution in [0.3, 0.4) is 0 Å². The molecule has 21 heavy (non-hydrogen) atoms. The summed E-state index contributed by atoms with van der Waals surface area (Å²) in [5.41, 5.74) is 0.799. The molecule has 1 atom stereocenters. The van der Waals surface area contributed by atoms with E-state index in [0.717, 1.165) is 5.56 Å². The molecule has 0 bridgehead atoms. The zero-order chi connectivity index (χ0) is 15.8. The quantitative estimate of drug-likeness (QED) is 0.675. The first-order chi connectivity index (χ1) is 9.90. The number of nitrogens with zero attached hydrogens (tertiary/aromatic N) is 2. The summed E-state index contributed by atoms with van der Waals surface area (Å²) in [5.74, 6) is -2.38. The van der Waals surface area contributed by atoms with Crippen molar-refractivity contribution in [1.82, 2.24) is 15.2 Å². The van der Waals surface area contributed by atoms with Crippen LogP contribution in [-0.4, -0.2) is 51.2 Å². The lowest BCUT2D eigenvalue weighted by molar-refractivity contribution is -0.140. The predicted octanol–water partition coefficient (Wildman–Crippen LogP) is 0.541. The zero-order valence-corrected chi connectivity index (χ0v) is 11.5. The Bertz CT molecular complexity index is 506. The molecule has 0 aliphatic rings. The highest BCUT2D eigenvalue weighted by Gasteiger charge is 2.22. The first kappa shape index (κ1) is 16.4. The Labute approximate surface area is 121 Å². The van der Waals surface area contributed by atoms with Gasteiger partial charge in [-0.3, -0.25) is 9.78 Å². The van der Waals surface area contributed by atoms with E-state index in [1.165, 1.54) is 11.9 Å². The Morgan fingerprint density at radius 2 is 2.10 bits per heavy atom. The van der Waals surface area contributed by atoms with Gasteiger partial charge in [0.2, 0.25) is 0 Å². The van der Waals surface area contributed by atoms with E-state index >= 15 is 0 Å². The van der Waals surface area contributed by atoms with E-state index in [9.17, 15) is 14.4 Å². The smallest absolute Gasteiger partial charge is 0.326 e. The van der Waals surface area contributed by atoms with Gasteiger partial charge in [0, 0.05) is 32.4 Å². The number of aliphatic carboxylic acids is 2. The monoisotopic (exact) mass is 295 g/mol. The Kier molecular flexibility index (Phi) is 6.12. The molecule has 8 heteroatoms. The molecule has 114 valence electrons. The van der Waals surface area contributed by atoms with Crippen molar-refractivity contribution < 1.29 is 24.6 Å². The van der Waals surface area contributed by atoms with Gasteiger partial charge in [0.1, 0.15) is 6.04 Å². The fourth-order valence-electron chi connectivity index (χ4n) is 1.62.